The SMILES string of the molecule is O=C(Cc1ccc2c(c1)C1(CCS(=O)(=O)CC1)C(C1CC1)N2S(=O)(=O)c1ccc(F)cc1)C1CCCC1. The first kappa shape index (κ1) is 25.0. The Balaban J connectivity index is 1.46. The van der Waals surface area contributed by atoms with Crippen LogP contribution in [0.3, 0.4) is 0 Å². The van der Waals surface area contributed by atoms with E-state index >= 15 is 0 Å². The van der Waals surface area contributed by atoms with Gasteiger partial charge in [0.05, 0.1) is 28.1 Å². The van der Waals surface area contributed by atoms with Gasteiger partial charge in [0.2, 0.25) is 0 Å². The Labute approximate surface area is 218 Å². The van der Waals surface area contributed by atoms with Gasteiger partial charge >= 0.3 is 0 Å². The summed E-state index contributed by atoms with van der Waals surface area (Å²) in [5.74, 6) is -0.0182. The van der Waals surface area contributed by atoms with Gasteiger partial charge in [-0.05, 0) is 85.9 Å². The summed E-state index contributed by atoms with van der Waals surface area (Å²) in [6, 6.07) is 10.1. The summed E-state index contributed by atoms with van der Waals surface area (Å²) in [6.07, 6.45) is 6.82. The van der Waals surface area contributed by atoms with Crippen LogP contribution in [-0.2, 0) is 36.5 Å². The van der Waals surface area contributed by atoms with Gasteiger partial charge in [0.15, 0.2) is 0 Å². The fourth-order valence-corrected chi connectivity index (χ4v) is 10.3. The van der Waals surface area contributed by atoms with Crippen LogP contribution in [0.4, 0.5) is 10.1 Å². The molecule has 2 aromatic rings. The van der Waals surface area contributed by atoms with Crippen LogP contribution in [0.25, 0.3) is 0 Å². The predicted molar refractivity (Wildman–Crippen MR) is 139 cm³/mol. The molecule has 9 heteroatoms. The van der Waals surface area contributed by atoms with Gasteiger partial charge < -0.3 is 0 Å². The molecular formula is C28H32FNO5S2. The van der Waals surface area contributed by atoms with Crippen molar-refractivity contribution >= 4 is 31.3 Å². The molecule has 0 amide bonds. The molecule has 2 heterocycles. The molecule has 37 heavy (non-hydrogen) atoms. The number of Topliss-reactive ketones (excluding diaryl/α,β-unsaturated/α-hetero) is 1. The number of carbonyl (C=O) groups is 1. The maximum atomic E-state index is 14.1. The number of sulfone groups is 1. The van der Waals surface area contributed by atoms with Crippen molar-refractivity contribution in [3.8, 4) is 0 Å². The van der Waals surface area contributed by atoms with E-state index < -0.39 is 37.1 Å². The molecule has 0 bridgehead atoms. The van der Waals surface area contributed by atoms with Crippen LogP contribution in [0.15, 0.2) is 47.4 Å². The topological polar surface area (TPSA) is 88.6 Å². The number of nitrogens with zero attached hydrogens (tertiary/aromatic N) is 1. The largest absolute Gasteiger partial charge is 0.299 e. The molecule has 0 N–H and O–H groups in total. The van der Waals surface area contributed by atoms with Crippen LogP contribution >= 0.6 is 0 Å². The number of benzene rings is 2. The van der Waals surface area contributed by atoms with Gasteiger partial charge in [-0.3, -0.25) is 9.10 Å². The third-order valence-electron chi connectivity index (χ3n) is 9.00. The minimum absolute atomic E-state index is 0.0192. The highest BCUT2D eigenvalue weighted by molar-refractivity contribution is 7.93. The summed E-state index contributed by atoms with van der Waals surface area (Å²) >= 11 is 0. The highest BCUT2D eigenvalue weighted by Gasteiger charge is 2.60. The first-order valence-corrected chi connectivity index (χ1v) is 16.5. The monoisotopic (exact) mass is 545 g/mol. The zero-order valence-corrected chi connectivity index (χ0v) is 22.4. The molecular weight excluding hydrogens is 513 g/mol. The number of anilines is 1. The maximum absolute atomic E-state index is 14.1. The van der Waals surface area contributed by atoms with E-state index in [0.29, 0.717) is 24.9 Å². The Bertz CT molecular complexity index is 1430. The molecule has 2 aliphatic heterocycles. The normalized spacial score (nSPS) is 24.9. The van der Waals surface area contributed by atoms with Crippen LogP contribution in [0, 0.1) is 17.7 Å². The number of hydrogen-bond acceptors (Lipinski definition) is 5. The Morgan fingerprint density at radius 3 is 2.24 bits per heavy atom. The maximum Gasteiger partial charge on any atom is 0.264 e. The van der Waals surface area contributed by atoms with E-state index in [-0.39, 0.29) is 34.0 Å². The molecule has 6 rings (SSSR count). The average molecular weight is 546 g/mol. The number of ketones is 1. The van der Waals surface area contributed by atoms with Crippen molar-refractivity contribution in [1.82, 2.24) is 0 Å². The Morgan fingerprint density at radius 2 is 1.62 bits per heavy atom. The van der Waals surface area contributed by atoms with Crippen LogP contribution in [0.1, 0.15) is 62.5 Å². The van der Waals surface area contributed by atoms with Crippen LogP contribution in [0.5, 0.6) is 0 Å². The van der Waals surface area contributed by atoms with Crippen molar-refractivity contribution in [2.45, 2.75) is 74.1 Å². The van der Waals surface area contributed by atoms with Crippen molar-refractivity contribution in [2.75, 3.05) is 15.8 Å². The van der Waals surface area contributed by atoms with Gasteiger partial charge in [0.1, 0.15) is 21.4 Å². The molecule has 0 aromatic heterocycles. The van der Waals surface area contributed by atoms with Crippen molar-refractivity contribution in [3.63, 3.8) is 0 Å². The van der Waals surface area contributed by atoms with Crippen molar-refractivity contribution in [2.24, 2.45) is 11.8 Å². The van der Waals surface area contributed by atoms with Gasteiger partial charge in [0, 0.05) is 17.8 Å². The fraction of sp³-hybridized carbons (Fsp3) is 0.536. The number of sulfonamides is 1. The van der Waals surface area contributed by atoms with Crippen molar-refractivity contribution in [1.29, 1.82) is 0 Å². The molecule has 198 valence electrons. The van der Waals surface area contributed by atoms with E-state index in [2.05, 4.69) is 0 Å². The standard InChI is InChI=1S/C28H32FNO5S2/c29-22-8-10-23(11-9-22)37(34,35)30-25-12-5-19(18-26(31)20-3-1-2-4-20)17-24(25)28(27(30)21-6-7-21)13-15-36(32,33)16-14-28/h5,8-12,17,20-21,27H,1-4,6-7,13-16,18H2. The molecule has 2 aromatic carbocycles. The van der Waals surface area contributed by atoms with Gasteiger partial charge in [-0.1, -0.05) is 25.0 Å². The predicted octanol–water partition coefficient (Wildman–Crippen LogP) is 4.56. The number of carbonyl (C=O) groups excluding carboxylic acids is 1. The van der Waals surface area contributed by atoms with Crippen LogP contribution < -0.4 is 4.31 Å². The van der Waals surface area contributed by atoms with E-state index in [1.165, 1.54) is 16.4 Å². The summed E-state index contributed by atoms with van der Waals surface area (Å²) in [5, 5.41) is 0. The summed E-state index contributed by atoms with van der Waals surface area (Å²) in [6.45, 7) is 0. The van der Waals surface area contributed by atoms with Gasteiger partial charge in [-0.15, -0.1) is 0 Å². The molecule has 3 fully saturated rings. The Kier molecular flexibility index (Phi) is 6.02. The van der Waals surface area contributed by atoms with Gasteiger partial charge in [-0.2, -0.15) is 0 Å². The highest BCUT2D eigenvalue weighted by atomic mass is 32.2. The number of fused-ring (bicyclic) bond motifs is 2. The average Bonchev–Trinajstić information content (AvgIpc) is 3.45. The first-order valence-electron chi connectivity index (χ1n) is 13.3. The minimum Gasteiger partial charge on any atom is -0.299 e. The van der Waals surface area contributed by atoms with Crippen molar-refractivity contribution < 1.29 is 26.0 Å². The molecule has 2 saturated carbocycles. The molecule has 0 radical (unpaired) electrons. The van der Waals surface area contributed by atoms with Crippen molar-refractivity contribution in [3.05, 3.63) is 59.4 Å². The molecule has 1 atom stereocenters. The first-order chi connectivity index (χ1) is 17.6. The minimum atomic E-state index is -4.03. The second-order valence-electron chi connectivity index (χ2n) is 11.3. The quantitative estimate of drug-likeness (QED) is 0.531. The summed E-state index contributed by atoms with van der Waals surface area (Å²) in [4.78, 5) is 13.0. The van der Waals surface area contributed by atoms with E-state index in [0.717, 1.165) is 61.8 Å². The Hall–Kier alpha value is -2.26. The molecule has 1 saturated heterocycles. The molecule has 4 aliphatic rings. The second-order valence-corrected chi connectivity index (χ2v) is 15.4. The third kappa shape index (κ3) is 4.32. The third-order valence-corrected chi connectivity index (χ3v) is 12.5. The molecule has 1 spiro atoms. The number of rotatable bonds is 6. The van der Waals surface area contributed by atoms with E-state index in [9.17, 15) is 26.0 Å². The summed E-state index contributed by atoms with van der Waals surface area (Å²) in [7, 11) is -7.22. The van der Waals surface area contributed by atoms with Gasteiger partial charge in [0.25, 0.3) is 10.0 Å². The molecule has 2 aliphatic carbocycles. The smallest absolute Gasteiger partial charge is 0.264 e. The lowest BCUT2D eigenvalue weighted by atomic mass is 9.70. The van der Waals surface area contributed by atoms with Crippen LogP contribution in [-0.4, -0.2) is 40.2 Å². The Morgan fingerprint density at radius 1 is 0.973 bits per heavy atom. The zero-order chi connectivity index (χ0) is 26.0. The second kappa shape index (κ2) is 8.90. The highest BCUT2D eigenvalue weighted by Crippen LogP contribution is 2.59. The lowest BCUT2D eigenvalue weighted by Gasteiger charge is -2.41. The van der Waals surface area contributed by atoms with Crippen LogP contribution in [0.2, 0.25) is 0 Å². The lowest BCUT2D eigenvalue weighted by molar-refractivity contribution is -0.122. The number of hydrogen-bond donors (Lipinski definition) is 0. The summed E-state index contributed by atoms with van der Waals surface area (Å²) < 4.78 is 68.2. The van der Waals surface area contributed by atoms with E-state index in [1.807, 2.05) is 12.1 Å². The van der Waals surface area contributed by atoms with E-state index in [1.54, 1.807) is 6.07 Å². The summed E-state index contributed by atoms with van der Waals surface area (Å²) in [5.41, 5.74) is 1.65. The van der Waals surface area contributed by atoms with Gasteiger partial charge in [-0.25, -0.2) is 21.2 Å². The fourth-order valence-electron chi connectivity index (χ4n) is 6.93. The number of halogens is 1. The molecule has 1 unspecified atom stereocenters. The van der Waals surface area contributed by atoms with E-state index in [4.69, 9.17) is 0 Å². The molecule has 6 nitrogen and oxygen atoms in total. The zero-order valence-electron chi connectivity index (χ0n) is 20.7. The lowest BCUT2D eigenvalue weighted by Crippen LogP contribution is -2.52.